The van der Waals surface area contributed by atoms with Crippen LogP contribution in [-0.2, 0) is 0 Å². The van der Waals surface area contributed by atoms with Gasteiger partial charge < -0.3 is 5.32 Å². The summed E-state index contributed by atoms with van der Waals surface area (Å²) in [7, 11) is 0. The molecule has 2 atom stereocenters. The fraction of sp³-hybridized carbons (Fsp3) is 1.00. The van der Waals surface area contributed by atoms with Gasteiger partial charge in [-0.1, -0.05) is 33.1 Å². The summed E-state index contributed by atoms with van der Waals surface area (Å²) in [6.45, 7) is 7.14. The highest BCUT2D eigenvalue weighted by Crippen LogP contribution is 2.45. The molecule has 1 nitrogen and oxygen atoms in total. The Morgan fingerprint density at radius 2 is 1.71 bits per heavy atom. The van der Waals surface area contributed by atoms with Gasteiger partial charge in [-0.3, -0.25) is 0 Å². The molecular weight excluding hydrogens is 170 g/mol. The van der Waals surface area contributed by atoms with E-state index in [-0.39, 0.29) is 0 Å². The van der Waals surface area contributed by atoms with Crippen LogP contribution < -0.4 is 5.32 Å². The lowest BCUT2D eigenvalue weighted by Crippen LogP contribution is -2.37. The molecule has 2 aliphatic rings. The van der Waals surface area contributed by atoms with Gasteiger partial charge in [-0.15, -0.1) is 0 Å². The van der Waals surface area contributed by atoms with Gasteiger partial charge in [0.2, 0.25) is 0 Å². The predicted molar refractivity (Wildman–Crippen MR) is 61.4 cm³/mol. The molecule has 2 unspecified atom stereocenters. The number of hydrogen-bond acceptors (Lipinski definition) is 1. The molecule has 14 heavy (non-hydrogen) atoms. The minimum Gasteiger partial charge on any atom is -0.311 e. The molecule has 2 rings (SSSR count). The summed E-state index contributed by atoms with van der Waals surface area (Å²) in [5.74, 6) is 0.958. The maximum absolute atomic E-state index is 3.81. The summed E-state index contributed by atoms with van der Waals surface area (Å²) in [5, 5.41) is 3.81. The zero-order valence-electron chi connectivity index (χ0n) is 9.97. The summed E-state index contributed by atoms with van der Waals surface area (Å²) in [4.78, 5) is 0. The van der Waals surface area contributed by atoms with Gasteiger partial charge in [-0.2, -0.15) is 0 Å². The topological polar surface area (TPSA) is 12.0 Å². The minimum atomic E-state index is 0.586. The van der Waals surface area contributed by atoms with E-state index < -0.39 is 0 Å². The fourth-order valence-corrected chi connectivity index (χ4v) is 2.84. The zero-order valence-corrected chi connectivity index (χ0v) is 9.97. The third kappa shape index (κ3) is 2.31. The molecule has 1 heteroatoms. The van der Waals surface area contributed by atoms with Crippen molar-refractivity contribution in [2.75, 3.05) is 0 Å². The van der Waals surface area contributed by atoms with Crippen molar-refractivity contribution in [1.29, 1.82) is 0 Å². The van der Waals surface area contributed by atoms with Crippen LogP contribution in [0.1, 0.15) is 59.3 Å². The van der Waals surface area contributed by atoms with Crippen LogP contribution in [0.5, 0.6) is 0 Å². The number of hydrogen-bond donors (Lipinski definition) is 1. The zero-order chi connectivity index (χ0) is 10.2. The van der Waals surface area contributed by atoms with Crippen LogP contribution in [-0.4, -0.2) is 12.1 Å². The van der Waals surface area contributed by atoms with Crippen molar-refractivity contribution in [2.45, 2.75) is 71.4 Å². The first-order valence-corrected chi connectivity index (χ1v) is 6.36. The van der Waals surface area contributed by atoms with E-state index in [2.05, 4.69) is 26.1 Å². The molecule has 2 aliphatic carbocycles. The van der Waals surface area contributed by atoms with Crippen LogP contribution in [0.2, 0.25) is 0 Å². The van der Waals surface area contributed by atoms with E-state index in [0.717, 1.165) is 18.0 Å². The predicted octanol–water partition coefficient (Wildman–Crippen LogP) is 3.34. The van der Waals surface area contributed by atoms with Gasteiger partial charge in [0.15, 0.2) is 0 Å². The third-order valence-electron chi connectivity index (χ3n) is 4.33. The van der Waals surface area contributed by atoms with Gasteiger partial charge in [-0.25, -0.2) is 0 Å². The first-order valence-electron chi connectivity index (χ1n) is 6.36. The molecule has 0 saturated heterocycles. The molecule has 0 heterocycles. The quantitative estimate of drug-likeness (QED) is 0.728. The Kier molecular flexibility index (Phi) is 2.88. The van der Waals surface area contributed by atoms with Crippen molar-refractivity contribution < 1.29 is 0 Å². The van der Waals surface area contributed by atoms with E-state index in [0.29, 0.717) is 5.41 Å². The van der Waals surface area contributed by atoms with Crippen LogP contribution in [0.3, 0.4) is 0 Å². The van der Waals surface area contributed by atoms with E-state index in [1.165, 1.54) is 38.5 Å². The lowest BCUT2D eigenvalue weighted by Gasteiger charge is -2.29. The number of rotatable bonds is 3. The highest BCUT2D eigenvalue weighted by molar-refractivity contribution is 5.02. The summed E-state index contributed by atoms with van der Waals surface area (Å²) < 4.78 is 0. The van der Waals surface area contributed by atoms with E-state index in [1.54, 1.807) is 0 Å². The van der Waals surface area contributed by atoms with Gasteiger partial charge in [0.1, 0.15) is 0 Å². The average molecular weight is 195 g/mol. The van der Waals surface area contributed by atoms with Gasteiger partial charge in [0, 0.05) is 12.1 Å². The highest BCUT2D eigenvalue weighted by Gasteiger charge is 2.46. The highest BCUT2D eigenvalue weighted by atomic mass is 15.0. The molecule has 0 aromatic rings. The number of nitrogens with one attached hydrogen (secondary N) is 1. The third-order valence-corrected chi connectivity index (χ3v) is 4.33. The second kappa shape index (κ2) is 3.84. The van der Waals surface area contributed by atoms with E-state index in [1.807, 2.05) is 0 Å². The largest absolute Gasteiger partial charge is 0.311 e. The van der Waals surface area contributed by atoms with Crippen LogP contribution in [0.4, 0.5) is 0 Å². The van der Waals surface area contributed by atoms with Gasteiger partial charge in [0.05, 0.1) is 0 Å². The van der Waals surface area contributed by atoms with E-state index >= 15 is 0 Å². The molecule has 0 aliphatic heterocycles. The lowest BCUT2D eigenvalue weighted by molar-refractivity contribution is 0.274. The van der Waals surface area contributed by atoms with Gasteiger partial charge >= 0.3 is 0 Å². The molecule has 0 aromatic heterocycles. The molecule has 0 spiro atoms. The molecule has 82 valence electrons. The molecule has 2 saturated carbocycles. The molecule has 0 amide bonds. The summed E-state index contributed by atoms with van der Waals surface area (Å²) >= 11 is 0. The van der Waals surface area contributed by atoms with Crippen LogP contribution in [0.15, 0.2) is 0 Å². The molecule has 1 N–H and O–H groups in total. The fourth-order valence-electron chi connectivity index (χ4n) is 2.84. The van der Waals surface area contributed by atoms with Crippen molar-refractivity contribution in [1.82, 2.24) is 5.32 Å². The first kappa shape index (κ1) is 10.5. The van der Waals surface area contributed by atoms with Crippen molar-refractivity contribution in [3.8, 4) is 0 Å². The molecule has 0 bridgehead atoms. The van der Waals surface area contributed by atoms with Crippen molar-refractivity contribution in [3.05, 3.63) is 0 Å². The van der Waals surface area contributed by atoms with Crippen molar-refractivity contribution in [3.63, 3.8) is 0 Å². The minimum absolute atomic E-state index is 0.586. The molecule has 2 fully saturated rings. The van der Waals surface area contributed by atoms with E-state index in [4.69, 9.17) is 0 Å². The molecule has 0 aromatic carbocycles. The van der Waals surface area contributed by atoms with Gasteiger partial charge in [-0.05, 0) is 37.5 Å². The Morgan fingerprint density at radius 1 is 1.14 bits per heavy atom. The van der Waals surface area contributed by atoms with Crippen LogP contribution in [0, 0.1) is 11.3 Å². The Morgan fingerprint density at radius 3 is 2.21 bits per heavy atom. The summed E-state index contributed by atoms with van der Waals surface area (Å²) in [5.41, 5.74) is 0.586. The van der Waals surface area contributed by atoms with Crippen molar-refractivity contribution >= 4 is 0 Å². The van der Waals surface area contributed by atoms with Gasteiger partial charge in [0.25, 0.3) is 0 Å². The second-order valence-electron chi connectivity index (χ2n) is 6.10. The SMILES string of the molecule is CC(NC1CC1(C)C)C1CCCCC1. The van der Waals surface area contributed by atoms with E-state index in [9.17, 15) is 0 Å². The Hall–Kier alpha value is -0.0400. The summed E-state index contributed by atoms with van der Waals surface area (Å²) in [6.07, 6.45) is 8.69. The molecular formula is C13H25N. The van der Waals surface area contributed by atoms with Crippen LogP contribution >= 0.6 is 0 Å². The Bertz CT molecular complexity index is 191. The smallest absolute Gasteiger partial charge is 0.0127 e. The monoisotopic (exact) mass is 195 g/mol. The lowest BCUT2D eigenvalue weighted by atomic mass is 9.84. The maximum atomic E-state index is 3.81. The Balaban J connectivity index is 1.75. The summed E-state index contributed by atoms with van der Waals surface area (Å²) in [6, 6.07) is 1.56. The molecule has 0 radical (unpaired) electrons. The van der Waals surface area contributed by atoms with Crippen molar-refractivity contribution in [2.24, 2.45) is 11.3 Å². The maximum Gasteiger partial charge on any atom is 0.0127 e. The average Bonchev–Trinajstić information content (AvgIpc) is 2.75. The van der Waals surface area contributed by atoms with Crippen LogP contribution in [0.25, 0.3) is 0 Å². The first-order chi connectivity index (χ1) is 6.59. The second-order valence-corrected chi connectivity index (χ2v) is 6.10. The normalized spacial score (nSPS) is 34.1. The standard InChI is InChI=1S/C13H25N/c1-10(11-7-5-4-6-8-11)14-12-9-13(12,2)3/h10-12,14H,4-9H2,1-3H3. The Labute approximate surface area is 88.7 Å².